The van der Waals surface area contributed by atoms with E-state index in [0.717, 1.165) is 31.5 Å². The first-order valence-corrected chi connectivity index (χ1v) is 7.14. The Kier molecular flexibility index (Phi) is 6.31. The summed E-state index contributed by atoms with van der Waals surface area (Å²) in [6.45, 7) is 6.83. The Morgan fingerprint density at radius 2 is 2.25 bits per heavy atom. The maximum absolute atomic E-state index is 12.2. The molecule has 1 aliphatic heterocycles. The number of nitrogens with one attached hydrogen (secondary N) is 2. The molecule has 1 amide bonds. The first kappa shape index (κ1) is 17.3. The molecule has 1 atom stereocenters. The van der Waals surface area contributed by atoms with Crippen LogP contribution >= 0.6 is 24.0 Å². The highest BCUT2D eigenvalue weighted by atomic mass is 35.5. The summed E-state index contributed by atoms with van der Waals surface area (Å²) in [6.07, 6.45) is 2.30. The van der Waals surface area contributed by atoms with E-state index in [9.17, 15) is 4.79 Å². The molecule has 0 aromatic heterocycles. The van der Waals surface area contributed by atoms with E-state index in [1.54, 1.807) is 6.07 Å². The molecule has 1 aromatic rings. The van der Waals surface area contributed by atoms with Gasteiger partial charge in [0, 0.05) is 13.1 Å². The summed E-state index contributed by atoms with van der Waals surface area (Å²) in [4.78, 5) is 12.2. The van der Waals surface area contributed by atoms with Crippen LogP contribution in [0.25, 0.3) is 0 Å². The number of carbonyl (C=O) groups is 1. The van der Waals surface area contributed by atoms with Crippen LogP contribution in [0, 0.1) is 12.3 Å². The third-order valence-corrected chi connectivity index (χ3v) is 4.30. The minimum Gasteiger partial charge on any atom is -0.351 e. The van der Waals surface area contributed by atoms with E-state index in [-0.39, 0.29) is 23.7 Å². The fourth-order valence-corrected chi connectivity index (χ4v) is 2.69. The van der Waals surface area contributed by atoms with Gasteiger partial charge in [0.05, 0.1) is 10.6 Å². The fraction of sp³-hybridized carbons (Fsp3) is 0.533. The summed E-state index contributed by atoms with van der Waals surface area (Å²) < 4.78 is 0. The summed E-state index contributed by atoms with van der Waals surface area (Å²) in [5, 5.41) is 6.94. The van der Waals surface area contributed by atoms with Crippen molar-refractivity contribution < 1.29 is 4.79 Å². The van der Waals surface area contributed by atoms with Crippen molar-refractivity contribution in [1.29, 1.82) is 0 Å². The zero-order chi connectivity index (χ0) is 13.9. The lowest BCUT2D eigenvalue weighted by Crippen LogP contribution is -2.45. The second kappa shape index (κ2) is 7.30. The molecular formula is C15H22Cl2N2O. The molecule has 1 aliphatic rings. The van der Waals surface area contributed by atoms with Gasteiger partial charge in [0.15, 0.2) is 0 Å². The molecule has 0 saturated carbocycles. The summed E-state index contributed by atoms with van der Waals surface area (Å²) in [5.74, 6) is -0.0829. The summed E-state index contributed by atoms with van der Waals surface area (Å²) in [6, 6.07) is 5.54. The maximum atomic E-state index is 12.2. The van der Waals surface area contributed by atoms with Crippen LogP contribution in [0.1, 0.15) is 35.7 Å². The van der Waals surface area contributed by atoms with Crippen molar-refractivity contribution in [2.45, 2.75) is 26.7 Å². The quantitative estimate of drug-likeness (QED) is 0.899. The van der Waals surface area contributed by atoms with E-state index in [1.165, 1.54) is 0 Å². The molecular weight excluding hydrogens is 295 g/mol. The van der Waals surface area contributed by atoms with Gasteiger partial charge >= 0.3 is 0 Å². The maximum Gasteiger partial charge on any atom is 0.252 e. The predicted molar refractivity (Wildman–Crippen MR) is 86.0 cm³/mol. The second-order valence-electron chi connectivity index (χ2n) is 5.71. The Morgan fingerprint density at radius 3 is 2.90 bits per heavy atom. The van der Waals surface area contributed by atoms with E-state index < -0.39 is 0 Å². The number of hydrogen-bond acceptors (Lipinski definition) is 2. The van der Waals surface area contributed by atoms with Crippen molar-refractivity contribution in [2.24, 2.45) is 5.41 Å². The highest BCUT2D eigenvalue weighted by molar-refractivity contribution is 6.34. The zero-order valence-corrected chi connectivity index (χ0v) is 13.5. The molecule has 0 spiro atoms. The summed E-state index contributed by atoms with van der Waals surface area (Å²) in [7, 11) is 0. The van der Waals surface area contributed by atoms with Crippen molar-refractivity contribution in [1.82, 2.24) is 10.6 Å². The molecule has 112 valence electrons. The molecule has 1 fully saturated rings. The largest absolute Gasteiger partial charge is 0.351 e. The van der Waals surface area contributed by atoms with Crippen LogP contribution in [0.2, 0.25) is 5.02 Å². The Hall–Kier alpha value is -0.770. The van der Waals surface area contributed by atoms with Crippen LogP contribution in [0.4, 0.5) is 0 Å². The number of carbonyl (C=O) groups excluding carboxylic acids is 1. The van der Waals surface area contributed by atoms with Crippen molar-refractivity contribution in [2.75, 3.05) is 19.6 Å². The lowest BCUT2D eigenvalue weighted by Gasteiger charge is -2.34. The molecule has 5 heteroatoms. The monoisotopic (exact) mass is 316 g/mol. The molecule has 1 aromatic carbocycles. The van der Waals surface area contributed by atoms with Crippen LogP contribution < -0.4 is 10.6 Å². The average molecular weight is 317 g/mol. The van der Waals surface area contributed by atoms with Crippen LogP contribution in [-0.2, 0) is 0 Å². The Morgan fingerprint density at radius 1 is 1.50 bits per heavy atom. The highest BCUT2D eigenvalue weighted by Crippen LogP contribution is 2.25. The standard InChI is InChI=1S/C15H21ClN2O.ClH/c1-11-5-3-6-12(13(11)16)14(19)18-10-15(2)7-4-8-17-9-15;/h3,5-6,17H,4,7-10H2,1-2H3,(H,18,19);1H. The van der Waals surface area contributed by atoms with E-state index in [4.69, 9.17) is 11.6 Å². The first-order valence-electron chi connectivity index (χ1n) is 6.76. The molecule has 1 saturated heterocycles. The number of amides is 1. The fourth-order valence-electron chi connectivity index (χ4n) is 2.48. The molecule has 0 radical (unpaired) electrons. The first-order chi connectivity index (χ1) is 9.02. The SMILES string of the molecule is Cc1cccc(C(=O)NCC2(C)CCCNC2)c1Cl.Cl. The zero-order valence-electron chi connectivity index (χ0n) is 12.0. The number of hydrogen-bond donors (Lipinski definition) is 2. The minimum absolute atomic E-state index is 0. The summed E-state index contributed by atoms with van der Waals surface area (Å²) in [5.41, 5.74) is 1.64. The Balaban J connectivity index is 0.00000200. The van der Waals surface area contributed by atoms with Crippen molar-refractivity contribution >= 4 is 29.9 Å². The Bertz CT molecular complexity index is 471. The lowest BCUT2D eigenvalue weighted by molar-refractivity contribution is 0.0925. The molecule has 3 nitrogen and oxygen atoms in total. The lowest BCUT2D eigenvalue weighted by atomic mass is 9.83. The van der Waals surface area contributed by atoms with Gasteiger partial charge in [-0.05, 0) is 43.4 Å². The van der Waals surface area contributed by atoms with Gasteiger partial charge < -0.3 is 10.6 Å². The van der Waals surface area contributed by atoms with E-state index in [0.29, 0.717) is 17.1 Å². The molecule has 1 heterocycles. The number of benzene rings is 1. The molecule has 1 unspecified atom stereocenters. The number of halogens is 2. The summed E-state index contributed by atoms with van der Waals surface area (Å²) >= 11 is 6.17. The molecule has 2 N–H and O–H groups in total. The average Bonchev–Trinajstić information content (AvgIpc) is 2.40. The van der Waals surface area contributed by atoms with Crippen molar-refractivity contribution in [3.8, 4) is 0 Å². The molecule has 2 rings (SSSR count). The van der Waals surface area contributed by atoms with Gasteiger partial charge in [0.2, 0.25) is 0 Å². The van der Waals surface area contributed by atoms with Gasteiger partial charge in [0.25, 0.3) is 5.91 Å². The van der Waals surface area contributed by atoms with Crippen molar-refractivity contribution in [3.05, 3.63) is 34.3 Å². The van der Waals surface area contributed by atoms with Gasteiger partial charge in [-0.15, -0.1) is 12.4 Å². The highest BCUT2D eigenvalue weighted by Gasteiger charge is 2.27. The van der Waals surface area contributed by atoms with E-state index >= 15 is 0 Å². The minimum atomic E-state index is -0.0829. The molecule has 0 bridgehead atoms. The topological polar surface area (TPSA) is 41.1 Å². The van der Waals surface area contributed by atoms with Crippen LogP contribution in [0.15, 0.2) is 18.2 Å². The van der Waals surface area contributed by atoms with Gasteiger partial charge in [0.1, 0.15) is 0 Å². The van der Waals surface area contributed by atoms with Gasteiger partial charge in [-0.3, -0.25) is 4.79 Å². The third-order valence-electron chi connectivity index (χ3n) is 3.80. The van der Waals surface area contributed by atoms with Crippen LogP contribution in [-0.4, -0.2) is 25.5 Å². The van der Waals surface area contributed by atoms with Crippen molar-refractivity contribution in [3.63, 3.8) is 0 Å². The van der Waals surface area contributed by atoms with Crippen LogP contribution in [0.3, 0.4) is 0 Å². The Labute approximate surface area is 131 Å². The van der Waals surface area contributed by atoms with Gasteiger partial charge in [-0.2, -0.15) is 0 Å². The van der Waals surface area contributed by atoms with E-state index in [2.05, 4.69) is 17.6 Å². The normalized spacial score (nSPS) is 21.9. The number of piperidine rings is 1. The van der Waals surface area contributed by atoms with Gasteiger partial charge in [-0.1, -0.05) is 30.7 Å². The van der Waals surface area contributed by atoms with Crippen LogP contribution in [0.5, 0.6) is 0 Å². The second-order valence-corrected chi connectivity index (χ2v) is 6.09. The number of rotatable bonds is 3. The molecule has 0 aliphatic carbocycles. The third kappa shape index (κ3) is 4.11. The number of aryl methyl sites for hydroxylation is 1. The predicted octanol–water partition coefficient (Wildman–Crippen LogP) is 3.19. The van der Waals surface area contributed by atoms with E-state index in [1.807, 2.05) is 19.1 Å². The van der Waals surface area contributed by atoms with Gasteiger partial charge in [-0.25, -0.2) is 0 Å². The molecule has 20 heavy (non-hydrogen) atoms. The smallest absolute Gasteiger partial charge is 0.252 e.